The van der Waals surface area contributed by atoms with Crippen molar-refractivity contribution in [2.45, 2.75) is 134 Å². The van der Waals surface area contributed by atoms with E-state index in [4.69, 9.17) is 13.3 Å². The summed E-state index contributed by atoms with van der Waals surface area (Å²) in [6.45, 7) is 41.4. The first-order chi connectivity index (χ1) is 51.5. The van der Waals surface area contributed by atoms with Crippen LogP contribution in [0, 0.1) is 68.1 Å². The van der Waals surface area contributed by atoms with Crippen molar-refractivity contribution in [3.63, 3.8) is 0 Å². The predicted molar refractivity (Wildman–Crippen MR) is 464 cm³/mol. The second-order valence-corrected chi connectivity index (χ2v) is 47.0. The smallest absolute Gasteiger partial charge is 0.216 e. The van der Waals surface area contributed by atoms with Crippen LogP contribution < -0.4 is 39.6 Å². The van der Waals surface area contributed by atoms with Crippen molar-refractivity contribution in [1.29, 1.82) is 0 Å². The third kappa shape index (κ3) is 12.0. The zero-order chi connectivity index (χ0) is 76.5. The van der Waals surface area contributed by atoms with Gasteiger partial charge in [0.25, 0.3) is 0 Å². The van der Waals surface area contributed by atoms with E-state index in [0.29, 0.717) is 22.2 Å². The molecule has 0 radical (unpaired) electrons. The van der Waals surface area contributed by atoms with Gasteiger partial charge in [0.2, 0.25) is 33.6 Å². The lowest BCUT2D eigenvalue weighted by Gasteiger charge is -2.30. The summed E-state index contributed by atoms with van der Waals surface area (Å²) in [5.41, 5.74) is 28.0. The summed E-state index contributed by atoms with van der Waals surface area (Å²) in [6, 6.07) is 79.1. The minimum atomic E-state index is -2.49. The van der Waals surface area contributed by atoms with Crippen molar-refractivity contribution in [1.82, 2.24) is 0 Å². The average molecular weight is 1470 g/mol. The molecule has 0 aliphatic carbocycles. The summed E-state index contributed by atoms with van der Waals surface area (Å²) in [5.74, 6) is -0.247. The van der Waals surface area contributed by atoms with Crippen LogP contribution in [0.4, 0.5) is 4.39 Å². The molecule has 17 aromatic rings. The molecule has 6 nitrogen and oxygen atoms in total. The fraction of sp³-hybridized carbons (Fsp3) is 0.235. The van der Waals surface area contributed by atoms with Crippen LogP contribution in [0.2, 0.25) is 43.8 Å². The molecule has 0 atom stereocenters. The number of aromatic nitrogens is 3. The van der Waals surface area contributed by atoms with Gasteiger partial charge in [-0.25, -0.2) is 4.39 Å². The fourth-order valence-corrected chi connectivity index (χ4v) is 24.7. The van der Waals surface area contributed by atoms with E-state index in [2.05, 4.69) is 351 Å². The third-order valence-corrected chi connectivity index (χ3v) is 39.0. The van der Waals surface area contributed by atoms with Crippen LogP contribution >= 0.6 is 0 Å². The van der Waals surface area contributed by atoms with Gasteiger partial charge in [0.15, 0.2) is 0 Å². The van der Waals surface area contributed by atoms with Crippen molar-refractivity contribution in [3.8, 4) is 33.8 Å². The topological polar surface area (TPSA) is 51.1 Å². The van der Waals surface area contributed by atoms with Crippen molar-refractivity contribution in [3.05, 3.63) is 274 Å². The summed E-state index contributed by atoms with van der Waals surface area (Å²) in [7, 11) is 0.666. The molecule has 0 aliphatic heterocycles. The zero-order valence-electron chi connectivity index (χ0n) is 66.9. The minimum Gasteiger partial charge on any atom is -0.455 e. The lowest BCUT2D eigenvalue weighted by atomic mass is 9.95. The number of benzene rings is 11. The average Bonchev–Trinajstić information content (AvgIpc) is 1.49. The number of nitrogens with zero attached hydrogens (tertiary/aromatic N) is 3. The Kier molecular flexibility index (Phi) is 18.8. The molecular formula is C98H101FN3O3Si3+3. The summed E-state index contributed by atoms with van der Waals surface area (Å²) in [4.78, 5) is 0. The highest BCUT2D eigenvalue weighted by Crippen LogP contribution is 2.44. The second-order valence-electron chi connectivity index (χ2n) is 32.8. The van der Waals surface area contributed by atoms with Gasteiger partial charge in [0.1, 0.15) is 68.5 Å². The molecule has 0 N–H and O–H groups in total. The Morgan fingerprint density at radius 2 is 0.667 bits per heavy atom. The summed E-state index contributed by atoms with van der Waals surface area (Å²) < 4.78 is 41.4. The molecule has 6 aromatic heterocycles. The Morgan fingerprint density at radius 3 is 1.12 bits per heavy atom. The van der Waals surface area contributed by atoms with Gasteiger partial charge in [-0.05, 0) is 182 Å². The van der Waals surface area contributed by atoms with Crippen LogP contribution in [0.3, 0.4) is 0 Å². The predicted octanol–water partition coefficient (Wildman–Crippen LogP) is 22.4. The highest BCUT2D eigenvalue weighted by Gasteiger charge is 2.40. The second kappa shape index (κ2) is 27.7. The number of hydrogen-bond donors (Lipinski definition) is 0. The standard InChI is InChI=1S/C39H35FNOSi.C30H34NOSi.C29H32NOSi/c1-24-17-20-34-32(21-24)36(43(6,28-13-9-7-10-14-28)29-15-11-8-12-16-29)23-35(41(34)5)37-26(3)25(2)22-31-30-18-19-33(40)27(4)38(30)42-39(31)37;1-18(2)33(7,8)28-17-26(31(6)25-14-13-19(3)15-24(25)28)29-21(5)20(4)16-23-22-11-9-10-12-27(22)32-30(23)29;1-18(2)32(6,7)27-17-25(30(5)24-15-12-19(3)16-23(24)27)28-20(4)13-14-22-21-10-8-9-11-26(21)31-29(22)28/h7-23H,1-6H3;9-18H,1-8H3;8-18H,1-7H3/q3*+1. The van der Waals surface area contributed by atoms with Crippen LogP contribution in [0.1, 0.15) is 77.8 Å². The van der Waals surface area contributed by atoms with E-state index in [0.717, 1.165) is 49.9 Å². The Morgan fingerprint density at radius 1 is 0.306 bits per heavy atom. The molecule has 0 amide bonds. The number of furan rings is 3. The molecule has 0 aliphatic rings. The number of fused-ring (bicyclic) bond motifs is 12. The summed E-state index contributed by atoms with van der Waals surface area (Å²) >= 11 is 0. The van der Waals surface area contributed by atoms with Crippen LogP contribution in [0.25, 0.3) is 132 Å². The fourth-order valence-electron chi connectivity index (χ4n) is 16.9. The van der Waals surface area contributed by atoms with Crippen LogP contribution in [0.15, 0.2) is 232 Å². The van der Waals surface area contributed by atoms with E-state index in [-0.39, 0.29) is 5.82 Å². The minimum absolute atomic E-state index is 0.247. The Balaban J connectivity index is 0.000000131. The van der Waals surface area contributed by atoms with Crippen LogP contribution in [-0.2, 0) is 21.1 Å². The molecule has 17 rings (SSSR count). The number of pyridine rings is 3. The maximum atomic E-state index is 14.7. The molecule has 11 aromatic carbocycles. The highest BCUT2D eigenvalue weighted by molar-refractivity contribution is 7.11. The van der Waals surface area contributed by atoms with E-state index in [1.165, 1.54) is 147 Å². The molecule has 0 bridgehead atoms. The van der Waals surface area contributed by atoms with Gasteiger partial charge < -0.3 is 13.3 Å². The van der Waals surface area contributed by atoms with Crippen molar-refractivity contribution in [2.24, 2.45) is 21.1 Å². The highest BCUT2D eigenvalue weighted by atomic mass is 28.3. The number of hydrogen-bond acceptors (Lipinski definition) is 3. The number of halogens is 1. The van der Waals surface area contributed by atoms with Gasteiger partial charge in [0.05, 0.1) is 32.8 Å². The van der Waals surface area contributed by atoms with Gasteiger partial charge >= 0.3 is 0 Å². The van der Waals surface area contributed by atoms with E-state index >= 15 is 0 Å². The molecule has 0 fully saturated rings. The SMILES string of the molecule is Cc1ccc2c(c1)c([Si](C)(C)C(C)C)cc(-c1c(C)c(C)cc3c1oc1ccccc13)[n+]2C.Cc1ccc2c(c1)c([Si](C)(C)C(C)C)cc(-c1c(C)ccc3c1oc1ccccc13)[n+]2C.Cc1ccc2c(c1)c([Si](C)(c1ccccc1)c1ccccc1)cc(-c1c(C)c(C)cc3c1oc1c(C)c(F)ccc13)[n+]2C. The van der Waals surface area contributed by atoms with Gasteiger partial charge in [-0.15, -0.1) is 0 Å². The maximum absolute atomic E-state index is 14.7. The van der Waals surface area contributed by atoms with Crippen molar-refractivity contribution in [2.75, 3.05) is 0 Å². The molecule has 0 unspecified atom stereocenters. The maximum Gasteiger partial charge on any atom is 0.216 e. The van der Waals surface area contributed by atoms with E-state index in [1.807, 2.05) is 12.1 Å². The molecule has 0 spiro atoms. The quantitative estimate of drug-likeness (QED) is 0.101. The number of rotatable bonds is 10. The van der Waals surface area contributed by atoms with Crippen molar-refractivity contribution < 1.29 is 31.3 Å². The molecule has 108 heavy (non-hydrogen) atoms. The van der Waals surface area contributed by atoms with E-state index in [1.54, 1.807) is 13.0 Å². The Hall–Kier alpha value is -10.4. The first-order valence-electron chi connectivity index (χ1n) is 38.4. The summed E-state index contributed by atoms with van der Waals surface area (Å²) in [5, 5.41) is 18.0. The van der Waals surface area contributed by atoms with Crippen molar-refractivity contribution >= 4 is 149 Å². The lowest BCUT2D eigenvalue weighted by Crippen LogP contribution is -2.65. The monoisotopic (exact) mass is 1470 g/mol. The number of para-hydroxylation sites is 2. The lowest BCUT2D eigenvalue weighted by molar-refractivity contribution is -0.633. The third-order valence-electron chi connectivity index (χ3n) is 25.2. The largest absolute Gasteiger partial charge is 0.455 e. The summed E-state index contributed by atoms with van der Waals surface area (Å²) in [6.07, 6.45) is 0. The van der Waals surface area contributed by atoms with E-state index < -0.39 is 24.2 Å². The van der Waals surface area contributed by atoms with Gasteiger partial charge in [0, 0.05) is 90.4 Å². The Bertz CT molecular complexity index is 6460. The van der Waals surface area contributed by atoms with Gasteiger partial charge in [-0.3, -0.25) is 0 Å². The first kappa shape index (κ1) is 73.2. The number of aryl methyl sites for hydroxylation is 10. The molecule has 10 heteroatoms. The molecule has 542 valence electrons. The normalized spacial score (nSPS) is 12.3. The molecule has 0 saturated heterocycles. The van der Waals surface area contributed by atoms with Gasteiger partial charge in [-0.2, -0.15) is 13.7 Å². The van der Waals surface area contributed by atoms with Gasteiger partial charge in [-0.1, -0.05) is 205 Å². The van der Waals surface area contributed by atoms with Crippen LogP contribution in [-0.4, -0.2) is 24.2 Å². The molecule has 6 heterocycles. The zero-order valence-corrected chi connectivity index (χ0v) is 69.9. The molecular weight excluding hydrogens is 1370 g/mol. The molecule has 0 saturated carbocycles. The van der Waals surface area contributed by atoms with E-state index in [9.17, 15) is 4.39 Å². The van der Waals surface area contributed by atoms with Crippen LogP contribution in [0.5, 0.6) is 0 Å². The Labute approximate surface area is 638 Å². The first-order valence-corrected chi connectivity index (χ1v) is 47.0.